The molecular weight excluding hydrogens is 310 g/mol. The molecule has 1 heterocycles. The van der Waals surface area contributed by atoms with E-state index in [1.165, 1.54) is 17.5 Å². The summed E-state index contributed by atoms with van der Waals surface area (Å²) in [7, 11) is 1.57. The monoisotopic (exact) mass is 331 g/mol. The average molecular weight is 331 g/mol. The van der Waals surface area contributed by atoms with Crippen molar-refractivity contribution in [2.45, 2.75) is 44.6 Å². The van der Waals surface area contributed by atoms with Gasteiger partial charge < -0.3 is 9.84 Å². The van der Waals surface area contributed by atoms with Crippen molar-refractivity contribution in [3.05, 3.63) is 40.4 Å². The number of rotatable bonds is 4. The van der Waals surface area contributed by atoms with Crippen LogP contribution in [-0.4, -0.2) is 24.3 Å². The van der Waals surface area contributed by atoms with E-state index in [2.05, 4.69) is 10.3 Å². The lowest BCUT2D eigenvalue weighted by molar-refractivity contribution is -0.673. The maximum Gasteiger partial charge on any atom is 0.436 e. The summed E-state index contributed by atoms with van der Waals surface area (Å²) in [5.41, 5.74) is -0.223. The number of aromatic nitrogens is 2. The zero-order chi connectivity index (χ0) is 16.9. The van der Waals surface area contributed by atoms with E-state index in [1.54, 1.807) is 31.4 Å². The highest BCUT2D eigenvalue weighted by atomic mass is 16.5. The molecule has 1 fully saturated rings. The highest BCUT2D eigenvalue weighted by molar-refractivity contribution is 5.86. The van der Waals surface area contributed by atoms with Gasteiger partial charge in [0.1, 0.15) is 5.75 Å². The molecule has 1 aliphatic rings. The minimum absolute atomic E-state index is 0.0152. The van der Waals surface area contributed by atoms with Gasteiger partial charge in [0.05, 0.1) is 13.0 Å². The summed E-state index contributed by atoms with van der Waals surface area (Å²) in [6, 6.07) is 6.92. The zero-order valence-electron chi connectivity index (χ0n) is 13.7. The summed E-state index contributed by atoms with van der Waals surface area (Å²) in [5, 5.41) is 15.0. The maximum absolute atomic E-state index is 12.5. The lowest BCUT2D eigenvalue weighted by atomic mass is 10.1. The third-order valence-electron chi connectivity index (χ3n) is 4.30. The van der Waals surface area contributed by atoms with Crippen LogP contribution in [-0.2, 0) is 0 Å². The molecule has 0 radical (unpaired) electrons. The molecule has 3 rings (SSSR count). The number of aromatic amines is 1. The summed E-state index contributed by atoms with van der Waals surface area (Å²) < 4.78 is 11.2. The predicted molar refractivity (Wildman–Crippen MR) is 85.4 cm³/mol. The number of nitrogens with one attached hydrogen (secondary N) is 1. The molecule has 1 N–H and O–H groups in total. The second-order valence-electron chi connectivity index (χ2n) is 5.94. The van der Waals surface area contributed by atoms with E-state index in [1.807, 2.05) is 0 Å². The van der Waals surface area contributed by atoms with Crippen molar-refractivity contribution < 1.29 is 19.0 Å². The highest BCUT2D eigenvalue weighted by Gasteiger charge is 2.24. The first kappa shape index (κ1) is 16.3. The van der Waals surface area contributed by atoms with Crippen LogP contribution in [0.5, 0.6) is 5.75 Å². The van der Waals surface area contributed by atoms with Crippen molar-refractivity contribution in [1.29, 1.82) is 0 Å². The Balaban J connectivity index is 1.92. The number of hydrogen-bond donors (Lipinski definition) is 1. The Kier molecular flexibility index (Phi) is 4.98. The SMILES string of the molecule is COc1ccc(-[n+]2[nH]oc(=O)c2C([O-])=NC2CCCCCC2)cc1. The highest BCUT2D eigenvalue weighted by Crippen LogP contribution is 2.20. The van der Waals surface area contributed by atoms with Gasteiger partial charge in [-0.15, -0.1) is 0 Å². The fourth-order valence-corrected chi connectivity index (χ4v) is 2.98. The molecule has 2 aromatic rings. The summed E-state index contributed by atoms with van der Waals surface area (Å²) in [5.74, 6) is 0.147. The van der Waals surface area contributed by atoms with Crippen molar-refractivity contribution in [2.75, 3.05) is 7.11 Å². The van der Waals surface area contributed by atoms with Gasteiger partial charge in [0.2, 0.25) is 5.69 Å². The number of methoxy groups -OCH3 is 1. The van der Waals surface area contributed by atoms with Crippen LogP contribution in [0.2, 0.25) is 0 Å². The van der Waals surface area contributed by atoms with E-state index in [-0.39, 0.29) is 11.7 Å². The van der Waals surface area contributed by atoms with Gasteiger partial charge in [-0.1, -0.05) is 25.7 Å². The van der Waals surface area contributed by atoms with Crippen LogP contribution in [0.4, 0.5) is 0 Å². The molecule has 7 heteroatoms. The molecule has 0 bridgehead atoms. The van der Waals surface area contributed by atoms with Crippen molar-refractivity contribution in [2.24, 2.45) is 4.99 Å². The third kappa shape index (κ3) is 3.50. The summed E-state index contributed by atoms with van der Waals surface area (Å²) in [6.45, 7) is 0. The number of benzene rings is 1. The Morgan fingerprint density at radius 1 is 1.25 bits per heavy atom. The Labute approximate surface area is 139 Å². The lowest BCUT2D eigenvalue weighted by Gasteiger charge is -2.12. The van der Waals surface area contributed by atoms with E-state index >= 15 is 0 Å². The number of nitrogens with zero attached hydrogens (tertiary/aromatic N) is 2. The molecule has 1 aromatic carbocycles. The van der Waals surface area contributed by atoms with Crippen LogP contribution in [0, 0.1) is 0 Å². The Hall–Kier alpha value is -2.57. The number of ether oxygens (including phenoxy) is 1. The van der Waals surface area contributed by atoms with Gasteiger partial charge in [-0.2, -0.15) is 0 Å². The fourth-order valence-electron chi connectivity index (χ4n) is 2.98. The predicted octanol–water partition coefficient (Wildman–Crippen LogP) is 1.08. The summed E-state index contributed by atoms with van der Waals surface area (Å²) >= 11 is 0. The van der Waals surface area contributed by atoms with E-state index < -0.39 is 11.5 Å². The topological polar surface area (TPSA) is 94.5 Å². The van der Waals surface area contributed by atoms with Crippen molar-refractivity contribution >= 4 is 5.90 Å². The van der Waals surface area contributed by atoms with Gasteiger partial charge in [0.25, 0.3) is 0 Å². The molecule has 0 aliphatic heterocycles. The van der Waals surface area contributed by atoms with Crippen LogP contribution >= 0.6 is 0 Å². The van der Waals surface area contributed by atoms with Crippen LogP contribution < -0.4 is 20.2 Å². The minimum Gasteiger partial charge on any atom is -0.854 e. The number of hydrogen-bond acceptors (Lipinski definition) is 5. The molecule has 0 unspecified atom stereocenters. The van der Waals surface area contributed by atoms with Crippen LogP contribution in [0.1, 0.15) is 44.2 Å². The van der Waals surface area contributed by atoms with Crippen LogP contribution in [0.15, 0.2) is 38.6 Å². The first-order valence-corrected chi connectivity index (χ1v) is 8.22. The molecule has 0 spiro atoms. The van der Waals surface area contributed by atoms with Gasteiger partial charge in [-0.3, -0.25) is 9.52 Å². The molecule has 128 valence electrons. The molecule has 0 amide bonds. The molecule has 1 aromatic heterocycles. The smallest absolute Gasteiger partial charge is 0.436 e. The van der Waals surface area contributed by atoms with Crippen molar-refractivity contribution in [3.63, 3.8) is 0 Å². The van der Waals surface area contributed by atoms with E-state index in [0.29, 0.717) is 11.4 Å². The minimum atomic E-state index is -0.715. The Bertz CT molecular complexity index is 753. The van der Waals surface area contributed by atoms with Crippen molar-refractivity contribution in [3.8, 4) is 11.4 Å². The van der Waals surface area contributed by atoms with E-state index in [0.717, 1.165) is 25.7 Å². The quantitative estimate of drug-likeness (QED) is 0.392. The molecule has 24 heavy (non-hydrogen) atoms. The molecule has 0 saturated heterocycles. The number of H-pyrrole nitrogens is 1. The lowest BCUT2D eigenvalue weighted by Crippen LogP contribution is -2.45. The first-order valence-electron chi connectivity index (χ1n) is 8.22. The average Bonchev–Trinajstić information content (AvgIpc) is 2.81. The summed E-state index contributed by atoms with van der Waals surface area (Å²) in [4.78, 5) is 16.2. The number of aliphatic imine (C=N–C) groups is 1. The zero-order valence-corrected chi connectivity index (χ0v) is 13.7. The largest absolute Gasteiger partial charge is 0.854 e. The van der Waals surface area contributed by atoms with E-state index in [9.17, 15) is 9.90 Å². The molecular formula is C17H21N3O4. The standard InChI is InChI=1S/C17H21N3O4/c1-23-14-10-8-13(9-11-14)20-15(17(22)24-19-20)16(21)18-12-6-4-2-3-5-7-12/h8-12H,2-7H2,1H3,(H-,18,19,21,22). The maximum atomic E-state index is 12.5. The van der Waals surface area contributed by atoms with E-state index in [4.69, 9.17) is 9.26 Å². The molecule has 7 nitrogen and oxygen atoms in total. The van der Waals surface area contributed by atoms with Crippen molar-refractivity contribution in [1.82, 2.24) is 5.27 Å². The Morgan fingerprint density at radius 3 is 2.54 bits per heavy atom. The Morgan fingerprint density at radius 2 is 1.92 bits per heavy atom. The van der Waals surface area contributed by atoms with Gasteiger partial charge in [-0.25, -0.2) is 4.79 Å². The van der Waals surface area contributed by atoms with Crippen LogP contribution in [0.25, 0.3) is 5.69 Å². The van der Waals surface area contributed by atoms with Gasteiger partial charge in [-0.05, 0) is 34.9 Å². The molecule has 1 saturated carbocycles. The molecule has 0 atom stereocenters. The van der Waals surface area contributed by atoms with Gasteiger partial charge >= 0.3 is 11.3 Å². The third-order valence-corrected chi connectivity index (χ3v) is 4.30. The van der Waals surface area contributed by atoms with Gasteiger partial charge in [0, 0.05) is 18.2 Å². The first-order chi connectivity index (χ1) is 11.7. The second kappa shape index (κ2) is 7.33. The van der Waals surface area contributed by atoms with Gasteiger partial charge in [0.15, 0.2) is 0 Å². The summed E-state index contributed by atoms with van der Waals surface area (Å²) in [6.07, 6.45) is 6.29. The molecule has 1 aliphatic carbocycles. The fraction of sp³-hybridized carbons (Fsp3) is 0.471. The van der Waals surface area contributed by atoms with Crippen LogP contribution in [0.3, 0.4) is 0 Å². The second-order valence-corrected chi connectivity index (χ2v) is 5.94. The normalized spacial score (nSPS) is 16.8.